The maximum atomic E-state index is 12.5. The van der Waals surface area contributed by atoms with Gasteiger partial charge in [-0.25, -0.2) is 8.42 Å². The molecule has 7 heteroatoms. The van der Waals surface area contributed by atoms with E-state index >= 15 is 0 Å². The fourth-order valence-electron chi connectivity index (χ4n) is 3.14. The van der Waals surface area contributed by atoms with Crippen LogP contribution in [-0.2, 0) is 21.2 Å². The number of rotatable bonds is 4. The second kappa shape index (κ2) is 6.39. The number of aromatic nitrogens is 1. The van der Waals surface area contributed by atoms with Crippen LogP contribution in [0.5, 0.6) is 5.75 Å². The topological polar surface area (TPSA) is 76.6 Å². The maximum absolute atomic E-state index is 12.5. The molecular formula is C17H20N2O4S. The van der Waals surface area contributed by atoms with Crippen molar-refractivity contribution >= 4 is 26.6 Å². The first-order chi connectivity index (χ1) is 11.4. The van der Waals surface area contributed by atoms with E-state index in [1.807, 2.05) is 24.3 Å². The third kappa shape index (κ3) is 3.21. The number of benzene rings is 1. The Balaban J connectivity index is 1.83. The first-order valence-corrected chi connectivity index (χ1v) is 9.59. The Morgan fingerprint density at radius 2 is 2.17 bits per heavy atom. The first kappa shape index (κ1) is 16.7. The molecule has 1 saturated heterocycles. The number of carbonyl (C=O) groups excluding carboxylic acids is 1. The molecule has 1 amide bonds. The summed E-state index contributed by atoms with van der Waals surface area (Å²) >= 11 is 0. The van der Waals surface area contributed by atoms with Crippen LogP contribution in [0, 0.1) is 5.92 Å². The monoisotopic (exact) mass is 348 g/mol. The predicted molar refractivity (Wildman–Crippen MR) is 91.5 cm³/mol. The Kier molecular flexibility index (Phi) is 4.45. The van der Waals surface area contributed by atoms with Crippen molar-refractivity contribution < 1.29 is 17.9 Å². The van der Waals surface area contributed by atoms with Crippen LogP contribution in [0.1, 0.15) is 12.0 Å². The Morgan fingerprint density at radius 1 is 1.38 bits per heavy atom. The van der Waals surface area contributed by atoms with Crippen LogP contribution in [0.4, 0.5) is 0 Å². The van der Waals surface area contributed by atoms with Crippen molar-refractivity contribution in [1.29, 1.82) is 0 Å². The fraction of sp³-hybridized carbons (Fsp3) is 0.412. The lowest BCUT2D eigenvalue weighted by molar-refractivity contribution is -0.133. The van der Waals surface area contributed by atoms with Gasteiger partial charge in [-0.2, -0.15) is 0 Å². The number of methoxy groups -OCH3 is 1. The SMILES string of the molecule is COc1ccc(CN(C)C(=O)C2CCS(=O)(=O)C2)c2cccnc12. The highest BCUT2D eigenvalue weighted by molar-refractivity contribution is 7.91. The van der Waals surface area contributed by atoms with Gasteiger partial charge in [0, 0.05) is 25.2 Å². The molecule has 6 nitrogen and oxygen atoms in total. The Morgan fingerprint density at radius 3 is 2.83 bits per heavy atom. The van der Waals surface area contributed by atoms with E-state index in [1.54, 1.807) is 25.3 Å². The van der Waals surface area contributed by atoms with Gasteiger partial charge in [0.1, 0.15) is 11.3 Å². The summed E-state index contributed by atoms with van der Waals surface area (Å²) in [5.74, 6) is 0.199. The molecule has 1 aromatic heterocycles. The lowest BCUT2D eigenvalue weighted by Crippen LogP contribution is -2.33. The van der Waals surface area contributed by atoms with Crippen LogP contribution in [0.25, 0.3) is 10.9 Å². The minimum Gasteiger partial charge on any atom is -0.494 e. The molecule has 1 aliphatic heterocycles. The number of hydrogen-bond acceptors (Lipinski definition) is 5. The smallest absolute Gasteiger partial charge is 0.226 e. The highest BCUT2D eigenvalue weighted by atomic mass is 32.2. The summed E-state index contributed by atoms with van der Waals surface area (Å²) in [6.07, 6.45) is 2.11. The molecule has 0 spiro atoms. The normalized spacial score (nSPS) is 19.3. The number of amides is 1. The molecule has 0 bridgehead atoms. The molecular weight excluding hydrogens is 328 g/mol. The summed E-state index contributed by atoms with van der Waals surface area (Å²) < 4.78 is 28.5. The molecule has 2 heterocycles. The van der Waals surface area contributed by atoms with E-state index in [9.17, 15) is 13.2 Å². The fourth-order valence-corrected chi connectivity index (χ4v) is 4.88. The summed E-state index contributed by atoms with van der Waals surface area (Å²) in [4.78, 5) is 18.5. The number of pyridine rings is 1. The number of sulfone groups is 1. The van der Waals surface area contributed by atoms with Gasteiger partial charge in [0.2, 0.25) is 5.91 Å². The summed E-state index contributed by atoms with van der Waals surface area (Å²) in [5.41, 5.74) is 1.71. The standard InChI is InChI=1S/C17H20N2O4S/c1-19(17(20)13-7-9-24(21,22)11-13)10-12-5-6-15(23-2)16-14(12)4-3-8-18-16/h3-6,8,13H,7,9-11H2,1-2H3. The van der Waals surface area contributed by atoms with Crippen LogP contribution in [0.3, 0.4) is 0 Å². The molecule has 0 N–H and O–H groups in total. The number of ether oxygens (including phenoxy) is 1. The summed E-state index contributed by atoms with van der Waals surface area (Å²) in [5, 5.41) is 0.926. The van der Waals surface area contributed by atoms with Crippen LogP contribution < -0.4 is 4.74 Å². The number of nitrogens with zero attached hydrogens (tertiary/aromatic N) is 2. The van der Waals surface area contributed by atoms with Crippen molar-refractivity contribution in [3.8, 4) is 5.75 Å². The summed E-state index contributed by atoms with van der Waals surface area (Å²) in [6.45, 7) is 0.404. The van der Waals surface area contributed by atoms with E-state index in [2.05, 4.69) is 4.98 Å². The van der Waals surface area contributed by atoms with Gasteiger partial charge >= 0.3 is 0 Å². The van der Waals surface area contributed by atoms with Gasteiger partial charge in [-0.15, -0.1) is 0 Å². The Hall–Kier alpha value is -2.15. The summed E-state index contributed by atoms with van der Waals surface area (Å²) in [7, 11) is 0.240. The first-order valence-electron chi connectivity index (χ1n) is 7.77. The van der Waals surface area contributed by atoms with Gasteiger partial charge < -0.3 is 9.64 Å². The van der Waals surface area contributed by atoms with Gasteiger partial charge in [0.05, 0.1) is 24.5 Å². The van der Waals surface area contributed by atoms with Gasteiger partial charge in [-0.1, -0.05) is 12.1 Å². The van der Waals surface area contributed by atoms with Crippen molar-refractivity contribution in [2.75, 3.05) is 25.7 Å². The second-order valence-corrected chi connectivity index (χ2v) is 8.35. The van der Waals surface area contributed by atoms with Crippen molar-refractivity contribution in [1.82, 2.24) is 9.88 Å². The van der Waals surface area contributed by atoms with Crippen LogP contribution in [0.15, 0.2) is 30.5 Å². The van der Waals surface area contributed by atoms with Crippen LogP contribution >= 0.6 is 0 Å². The van der Waals surface area contributed by atoms with E-state index < -0.39 is 15.8 Å². The zero-order valence-corrected chi connectivity index (χ0v) is 14.5. The highest BCUT2D eigenvalue weighted by Gasteiger charge is 2.34. The lowest BCUT2D eigenvalue weighted by Gasteiger charge is -2.21. The van der Waals surface area contributed by atoms with E-state index in [-0.39, 0.29) is 17.4 Å². The van der Waals surface area contributed by atoms with Crippen molar-refractivity contribution in [2.45, 2.75) is 13.0 Å². The van der Waals surface area contributed by atoms with E-state index in [1.165, 1.54) is 0 Å². The second-order valence-electron chi connectivity index (χ2n) is 6.12. The quantitative estimate of drug-likeness (QED) is 0.839. The lowest BCUT2D eigenvalue weighted by atomic mass is 10.1. The Bertz CT molecular complexity index is 879. The molecule has 24 heavy (non-hydrogen) atoms. The number of hydrogen-bond donors (Lipinski definition) is 0. The predicted octanol–water partition coefficient (Wildman–Crippen LogP) is 1.64. The number of carbonyl (C=O) groups is 1. The molecule has 0 aliphatic carbocycles. The zero-order valence-electron chi connectivity index (χ0n) is 13.7. The van der Waals surface area contributed by atoms with E-state index in [0.717, 1.165) is 16.5 Å². The van der Waals surface area contributed by atoms with Gasteiger partial charge in [0.25, 0.3) is 0 Å². The summed E-state index contributed by atoms with van der Waals surface area (Å²) in [6, 6.07) is 7.54. The molecule has 0 radical (unpaired) electrons. The average Bonchev–Trinajstić information content (AvgIpc) is 2.94. The Labute approximate surface area is 141 Å². The number of fused-ring (bicyclic) bond motifs is 1. The molecule has 3 rings (SSSR count). The molecule has 1 aliphatic rings. The molecule has 128 valence electrons. The average molecular weight is 348 g/mol. The van der Waals surface area contributed by atoms with Crippen LogP contribution in [-0.4, -0.2) is 49.9 Å². The van der Waals surface area contributed by atoms with E-state index in [4.69, 9.17) is 4.74 Å². The maximum Gasteiger partial charge on any atom is 0.226 e. The van der Waals surface area contributed by atoms with Gasteiger partial charge in [0.15, 0.2) is 9.84 Å². The molecule has 1 fully saturated rings. The largest absolute Gasteiger partial charge is 0.494 e. The van der Waals surface area contributed by atoms with Crippen molar-refractivity contribution in [2.24, 2.45) is 5.92 Å². The van der Waals surface area contributed by atoms with E-state index in [0.29, 0.717) is 18.7 Å². The third-order valence-electron chi connectivity index (χ3n) is 4.41. The van der Waals surface area contributed by atoms with Gasteiger partial charge in [-0.05, 0) is 24.1 Å². The van der Waals surface area contributed by atoms with Crippen molar-refractivity contribution in [3.63, 3.8) is 0 Å². The molecule has 1 unspecified atom stereocenters. The van der Waals surface area contributed by atoms with Crippen LogP contribution in [0.2, 0.25) is 0 Å². The molecule has 0 saturated carbocycles. The highest BCUT2D eigenvalue weighted by Crippen LogP contribution is 2.28. The zero-order chi connectivity index (χ0) is 17.3. The van der Waals surface area contributed by atoms with Gasteiger partial charge in [-0.3, -0.25) is 9.78 Å². The minimum atomic E-state index is -3.06. The molecule has 1 atom stereocenters. The third-order valence-corrected chi connectivity index (χ3v) is 6.18. The minimum absolute atomic E-state index is 0.0406. The van der Waals surface area contributed by atoms with Crippen molar-refractivity contribution in [3.05, 3.63) is 36.0 Å². The molecule has 1 aromatic carbocycles. The molecule has 2 aromatic rings.